The fourth-order valence-electron chi connectivity index (χ4n) is 1.42. The minimum absolute atomic E-state index is 0.299. The van der Waals surface area contributed by atoms with Crippen LogP contribution >= 0.6 is 19.2 Å². The number of rotatable bonds is 4. The average Bonchev–Trinajstić information content (AvgIpc) is 2.40. The van der Waals surface area contributed by atoms with Gasteiger partial charge in [0.05, 0.1) is 0 Å². The van der Waals surface area contributed by atoms with E-state index < -0.39 is 7.60 Å². The van der Waals surface area contributed by atoms with E-state index in [1.165, 1.54) is 0 Å². The van der Waals surface area contributed by atoms with E-state index in [-0.39, 0.29) is 0 Å². The summed E-state index contributed by atoms with van der Waals surface area (Å²) >= 11 is 5.72. The quantitative estimate of drug-likeness (QED) is 0.840. The number of benzene rings is 2. The predicted molar refractivity (Wildman–Crippen MR) is 77.4 cm³/mol. The standard InChI is InChI=1S/C14H12ClO3P/c15-13-6-8-14(9-7-13)18-19(16,17)11-10-12-4-2-1-3-5-12/h1-11H,(H,16,17). The van der Waals surface area contributed by atoms with E-state index in [1.807, 2.05) is 30.3 Å². The fraction of sp³-hybridized carbons (Fsp3) is 0. The molecule has 0 aliphatic rings. The highest BCUT2D eigenvalue weighted by atomic mass is 35.5. The Bertz CT molecular complexity index is 608. The molecule has 1 unspecified atom stereocenters. The molecule has 0 bridgehead atoms. The second-order valence-electron chi connectivity index (χ2n) is 3.84. The zero-order valence-electron chi connectivity index (χ0n) is 9.94. The monoisotopic (exact) mass is 294 g/mol. The topological polar surface area (TPSA) is 46.5 Å². The van der Waals surface area contributed by atoms with Gasteiger partial charge in [-0.25, -0.2) is 4.57 Å². The van der Waals surface area contributed by atoms with E-state index in [4.69, 9.17) is 16.1 Å². The van der Waals surface area contributed by atoms with Gasteiger partial charge >= 0.3 is 7.60 Å². The van der Waals surface area contributed by atoms with Crippen molar-refractivity contribution in [3.63, 3.8) is 0 Å². The molecular weight excluding hydrogens is 283 g/mol. The first kappa shape index (κ1) is 13.9. The smallest absolute Gasteiger partial charge is 0.401 e. The van der Waals surface area contributed by atoms with Crippen molar-refractivity contribution >= 4 is 25.3 Å². The van der Waals surface area contributed by atoms with Crippen LogP contribution in [-0.2, 0) is 4.57 Å². The third kappa shape index (κ3) is 4.56. The van der Waals surface area contributed by atoms with Crippen LogP contribution in [0.2, 0.25) is 5.02 Å². The summed E-state index contributed by atoms with van der Waals surface area (Å²) in [5.41, 5.74) is 0.830. The molecule has 2 aromatic rings. The lowest BCUT2D eigenvalue weighted by Crippen LogP contribution is -1.88. The molecule has 1 N–H and O–H groups in total. The van der Waals surface area contributed by atoms with Crippen LogP contribution in [0.5, 0.6) is 5.75 Å². The van der Waals surface area contributed by atoms with Crippen molar-refractivity contribution in [2.45, 2.75) is 0 Å². The van der Waals surface area contributed by atoms with Gasteiger partial charge in [0.1, 0.15) is 5.75 Å². The molecule has 0 aromatic heterocycles. The van der Waals surface area contributed by atoms with E-state index >= 15 is 0 Å². The van der Waals surface area contributed by atoms with Crippen molar-refractivity contribution in [1.29, 1.82) is 0 Å². The van der Waals surface area contributed by atoms with Crippen molar-refractivity contribution in [2.75, 3.05) is 0 Å². The lowest BCUT2D eigenvalue weighted by molar-refractivity contribution is 0.392. The Kier molecular flexibility index (Phi) is 4.43. The molecule has 2 rings (SSSR count). The molecule has 0 aliphatic heterocycles. The summed E-state index contributed by atoms with van der Waals surface area (Å²) < 4.78 is 16.9. The maximum Gasteiger partial charge on any atom is 0.401 e. The van der Waals surface area contributed by atoms with Gasteiger partial charge in [0.2, 0.25) is 0 Å². The molecule has 1 atom stereocenters. The van der Waals surface area contributed by atoms with Crippen molar-refractivity contribution in [2.24, 2.45) is 0 Å². The van der Waals surface area contributed by atoms with Gasteiger partial charge in [0.15, 0.2) is 0 Å². The average molecular weight is 295 g/mol. The summed E-state index contributed by atoms with van der Waals surface area (Å²) in [6, 6.07) is 15.5. The summed E-state index contributed by atoms with van der Waals surface area (Å²) in [5.74, 6) is 1.46. The van der Waals surface area contributed by atoms with Crippen LogP contribution in [-0.4, -0.2) is 4.89 Å². The maximum atomic E-state index is 11.9. The Labute approximate surface area is 116 Å². The van der Waals surface area contributed by atoms with Gasteiger partial charge in [0, 0.05) is 10.8 Å². The number of hydrogen-bond donors (Lipinski definition) is 1. The minimum atomic E-state index is -3.82. The van der Waals surface area contributed by atoms with E-state index in [1.54, 1.807) is 30.3 Å². The highest BCUT2D eigenvalue weighted by Crippen LogP contribution is 2.44. The van der Waals surface area contributed by atoms with Crippen LogP contribution < -0.4 is 4.52 Å². The van der Waals surface area contributed by atoms with Crippen molar-refractivity contribution in [3.05, 3.63) is 71.0 Å². The molecule has 0 heterocycles. The Morgan fingerprint density at radius 2 is 1.68 bits per heavy atom. The molecule has 0 spiro atoms. The SMILES string of the molecule is O=P(O)(C=Cc1ccccc1)Oc1ccc(Cl)cc1. The highest BCUT2D eigenvalue weighted by molar-refractivity contribution is 7.56. The molecule has 0 fully saturated rings. The largest absolute Gasteiger partial charge is 0.422 e. The summed E-state index contributed by atoms with van der Waals surface area (Å²) in [6.07, 6.45) is 1.55. The Morgan fingerprint density at radius 1 is 1.05 bits per heavy atom. The van der Waals surface area contributed by atoms with Gasteiger partial charge in [0.25, 0.3) is 0 Å². The van der Waals surface area contributed by atoms with Crippen LogP contribution in [0.3, 0.4) is 0 Å². The zero-order valence-corrected chi connectivity index (χ0v) is 11.6. The molecule has 98 valence electrons. The normalized spacial score (nSPS) is 14.2. The molecule has 0 saturated heterocycles. The van der Waals surface area contributed by atoms with Crippen molar-refractivity contribution < 1.29 is 14.0 Å². The molecular formula is C14H12ClO3P. The maximum absolute atomic E-state index is 11.9. The van der Waals surface area contributed by atoms with Crippen molar-refractivity contribution in [3.8, 4) is 5.75 Å². The van der Waals surface area contributed by atoms with Crippen LogP contribution in [0.1, 0.15) is 5.56 Å². The van der Waals surface area contributed by atoms with Gasteiger partial charge < -0.3 is 9.42 Å². The highest BCUT2D eigenvalue weighted by Gasteiger charge is 2.16. The van der Waals surface area contributed by atoms with Gasteiger partial charge in [-0.1, -0.05) is 41.9 Å². The Morgan fingerprint density at radius 3 is 2.32 bits per heavy atom. The predicted octanol–water partition coefficient (Wildman–Crippen LogP) is 4.58. The summed E-state index contributed by atoms with van der Waals surface area (Å²) in [5, 5.41) is 0.542. The van der Waals surface area contributed by atoms with Crippen LogP contribution in [0.15, 0.2) is 60.4 Å². The molecule has 2 aromatic carbocycles. The van der Waals surface area contributed by atoms with Crippen LogP contribution in [0.25, 0.3) is 6.08 Å². The third-order valence-corrected chi connectivity index (χ3v) is 3.56. The summed E-state index contributed by atoms with van der Waals surface area (Å²) in [6.45, 7) is 0. The lowest BCUT2D eigenvalue weighted by Gasteiger charge is -2.09. The van der Waals surface area contributed by atoms with Crippen LogP contribution in [0, 0.1) is 0 Å². The second kappa shape index (κ2) is 6.07. The first-order chi connectivity index (χ1) is 9.05. The minimum Gasteiger partial charge on any atom is -0.422 e. The third-order valence-electron chi connectivity index (χ3n) is 2.30. The van der Waals surface area contributed by atoms with Crippen molar-refractivity contribution in [1.82, 2.24) is 0 Å². The summed E-state index contributed by atoms with van der Waals surface area (Å²) in [4.78, 5) is 9.71. The second-order valence-corrected chi connectivity index (χ2v) is 5.88. The summed E-state index contributed by atoms with van der Waals surface area (Å²) in [7, 11) is -3.82. The van der Waals surface area contributed by atoms with Gasteiger partial charge in [-0.05, 0) is 35.9 Å². The lowest BCUT2D eigenvalue weighted by atomic mass is 10.2. The fourth-order valence-corrected chi connectivity index (χ4v) is 2.39. The molecule has 0 amide bonds. The molecule has 19 heavy (non-hydrogen) atoms. The first-order valence-electron chi connectivity index (χ1n) is 5.57. The molecule has 0 radical (unpaired) electrons. The number of halogens is 1. The Hall–Kier alpha value is -1.54. The van der Waals surface area contributed by atoms with E-state index in [2.05, 4.69) is 0 Å². The van der Waals surface area contributed by atoms with Crippen LogP contribution in [0.4, 0.5) is 0 Å². The van der Waals surface area contributed by atoms with E-state index in [0.29, 0.717) is 10.8 Å². The van der Waals surface area contributed by atoms with E-state index in [0.717, 1.165) is 11.4 Å². The first-order valence-corrected chi connectivity index (χ1v) is 7.60. The molecule has 5 heteroatoms. The number of hydrogen-bond acceptors (Lipinski definition) is 2. The van der Waals surface area contributed by atoms with E-state index in [9.17, 15) is 9.46 Å². The van der Waals surface area contributed by atoms with Gasteiger partial charge in [-0.15, -0.1) is 0 Å². The molecule has 3 nitrogen and oxygen atoms in total. The van der Waals surface area contributed by atoms with Gasteiger partial charge in [-0.2, -0.15) is 0 Å². The van der Waals surface area contributed by atoms with Gasteiger partial charge in [-0.3, -0.25) is 0 Å². The molecule has 0 aliphatic carbocycles. The molecule has 0 saturated carbocycles. The Balaban J connectivity index is 2.08. The zero-order chi connectivity index (χ0) is 13.7.